The van der Waals surface area contributed by atoms with Crippen molar-refractivity contribution in [3.8, 4) is 5.75 Å². The van der Waals surface area contributed by atoms with Gasteiger partial charge in [0.2, 0.25) is 11.7 Å². The molecule has 0 bridgehead atoms. The van der Waals surface area contributed by atoms with Gasteiger partial charge in [-0.15, -0.1) is 0 Å². The van der Waals surface area contributed by atoms with Crippen LogP contribution in [0.1, 0.15) is 37.9 Å². The van der Waals surface area contributed by atoms with Gasteiger partial charge in [-0.1, -0.05) is 30.3 Å². The highest BCUT2D eigenvalue weighted by molar-refractivity contribution is 5.83. The fourth-order valence-electron chi connectivity index (χ4n) is 1.61. The quantitative estimate of drug-likeness (QED) is 0.799. The van der Waals surface area contributed by atoms with E-state index in [2.05, 4.69) is 10.1 Å². The molecule has 5 nitrogen and oxygen atoms in total. The zero-order chi connectivity index (χ0) is 13.7. The molecule has 0 aliphatic carbocycles. The molecule has 2 aromatic rings. The summed E-state index contributed by atoms with van der Waals surface area (Å²) in [5.74, 6) is 1.25. The third-order valence-corrected chi connectivity index (χ3v) is 2.80. The van der Waals surface area contributed by atoms with Crippen LogP contribution in [-0.2, 0) is 11.4 Å². The Hall–Kier alpha value is -2.17. The molecule has 0 amide bonds. The van der Waals surface area contributed by atoms with Gasteiger partial charge in [-0.2, -0.15) is 4.98 Å². The lowest BCUT2D eigenvalue weighted by Crippen LogP contribution is -2.08. The van der Waals surface area contributed by atoms with Crippen molar-refractivity contribution < 1.29 is 14.1 Å². The van der Waals surface area contributed by atoms with Crippen molar-refractivity contribution in [3.63, 3.8) is 0 Å². The van der Waals surface area contributed by atoms with E-state index in [-0.39, 0.29) is 18.3 Å². The summed E-state index contributed by atoms with van der Waals surface area (Å²) in [7, 11) is 0. The topological polar surface area (TPSA) is 65.2 Å². The molecule has 5 heteroatoms. The minimum Gasteiger partial charge on any atom is -0.485 e. The molecule has 1 heterocycles. The molecule has 100 valence electrons. The van der Waals surface area contributed by atoms with Crippen LogP contribution in [0.4, 0.5) is 0 Å². The fraction of sp³-hybridized carbons (Fsp3) is 0.357. The molecule has 0 saturated carbocycles. The zero-order valence-electron chi connectivity index (χ0n) is 11.0. The Morgan fingerprint density at radius 3 is 2.79 bits per heavy atom. The van der Waals surface area contributed by atoms with Crippen LogP contribution in [0.2, 0.25) is 0 Å². The van der Waals surface area contributed by atoms with E-state index in [1.807, 2.05) is 37.3 Å². The van der Waals surface area contributed by atoms with Gasteiger partial charge in [0.1, 0.15) is 11.5 Å². The minimum atomic E-state index is -0.358. The van der Waals surface area contributed by atoms with Gasteiger partial charge in [-0.3, -0.25) is 4.79 Å². The lowest BCUT2D eigenvalue weighted by molar-refractivity contribution is -0.120. The Kier molecular flexibility index (Phi) is 4.28. The standard InChI is InChI=1S/C14H16N2O3/c1-3-12(17)10(2)14-15-13(16-19-14)9-18-11-7-5-4-6-8-11/h4-8,10H,3,9H2,1-2H3. The number of benzene rings is 1. The van der Waals surface area contributed by atoms with Crippen molar-refractivity contribution in [2.75, 3.05) is 0 Å². The Balaban J connectivity index is 1.96. The van der Waals surface area contributed by atoms with E-state index < -0.39 is 0 Å². The number of carbonyl (C=O) groups is 1. The lowest BCUT2D eigenvalue weighted by atomic mass is 10.1. The van der Waals surface area contributed by atoms with Crippen molar-refractivity contribution in [3.05, 3.63) is 42.0 Å². The first-order valence-corrected chi connectivity index (χ1v) is 6.23. The third kappa shape index (κ3) is 3.40. The zero-order valence-corrected chi connectivity index (χ0v) is 11.0. The molecular formula is C14H16N2O3. The molecule has 1 atom stereocenters. The Bertz CT molecular complexity index is 537. The first-order chi connectivity index (χ1) is 9.20. The summed E-state index contributed by atoms with van der Waals surface area (Å²) in [6, 6.07) is 9.39. The van der Waals surface area contributed by atoms with E-state index in [0.29, 0.717) is 18.1 Å². The molecular weight excluding hydrogens is 244 g/mol. The summed E-state index contributed by atoms with van der Waals surface area (Å²) in [6.07, 6.45) is 0.458. The molecule has 0 radical (unpaired) electrons. The number of carbonyl (C=O) groups excluding carboxylic acids is 1. The van der Waals surface area contributed by atoms with Crippen LogP contribution in [0, 0.1) is 0 Å². The Morgan fingerprint density at radius 1 is 1.37 bits per heavy atom. The highest BCUT2D eigenvalue weighted by Gasteiger charge is 2.20. The van der Waals surface area contributed by atoms with Crippen LogP contribution < -0.4 is 4.74 Å². The van der Waals surface area contributed by atoms with Crippen molar-refractivity contribution in [1.82, 2.24) is 10.1 Å². The van der Waals surface area contributed by atoms with Gasteiger partial charge in [0.05, 0.1) is 5.92 Å². The minimum absolute atomic E-state index is 0.0826. The maximum Gasteiger partial charge on any atom is 0.237 e. The molecule has 0 aliphatic rings. The molecule has 2 rings (SSSR count). The second-order valence-corrected chi connectivity index (χ2v) is 4.19. The molecule has 0 N–H and O–H groups in total. The van der Waals surface area contributed by atoms with Gasteiger partial charge in [0, 0.05) is 6.42 Å². The summed E-state index contributed by atoms with van der Waals surface area (Å²) in [4.78, 5) is 15.7. The number of hydrogen-bond acceptors (Lipinski definition) is 5. The number of aromatic nitrogens is 2. The predicted octanol–water partition coefficient (Wildman–Crippen LogP) is 2.73. The lowest BCUT2D eigenvalue weighted by Gasteiger charge is -2.02. The Morgan fingerprint density at radius 2 is 2.11 bits per heavy atom. The van der Waals surface area contributed by atoms with Crippen molar-refractivity contribution >= 4 is 5.78 Å². The van der Waals surface area contributed by atoms with Crippen LogP contribution in [0.15, 0.2) is 34.9 Å². The van der Waals surface area contributed by atoms with E-state index in [0.717, 1.165) is 5.75 Å². The highest BCUT2D eigenvalue weighted by atomic mass is 16.5. The number of ether oxygens (including phenoxy) is 1. The Labute approximate surface area is 111 Å². The monoisotopic (exact) mass is 260 g/mol. The SMILES string of the molecule is CCC(=O)C(C)c1nc(COc2ccccc2)no1. The molecule has 0 saturated heterocycles. The molecule has 1 aromatic heterocycles. The van der Waals surface area contributed by atoms with E-state index in [1.165, 1.54) is 0 Å². The highest BCUT2D eigenvalue weighted by Crippen LogP contribution is 2.16. The maximum atomic E-state index is 11.5. The number of para-hydroxylation sites is 1. The van der Waals surface area contributed by atoms with Gasteiger partial charge in [-0.05, 0) is 19.1 Å². The average molecular weight is 260 g/mol. The number of nitrogens with zero attached hydrogens (tertiary/aromatic N) is 2. The van der Waals surface area contributed by atoms with E-state index in [4.69, 9.17) is 9.26 Å². The number of rotatable bonds is 6. The summed E-state index contributed by atoms with van der Waals surface area (Å²) in [5.41, 5.74) is 0. The normalized spacial score (nSPS) is 12.1. The second-order valence-electron chi connectivity index (χ2n) is 4.19. The van der Waals surface area contributed by atoms with Crippen LogP contribution in [-0.4, -0.2) is 15.9 Å². The van der Waals surface area contributed by atoms with Crippen molar-refractivity contribution in [1.29, 1.82) is 0 Å². The van der Waals surface area contributed by atoms with E-state index >= 15 is 0 Å². The molecule has 1 unspecified atom stereocenters. The number of ketones is 1. The molecule has 0 spiro atoms. The first kappa shape index (κ1) is 13.3. The van der Waals surface area contributed by atoms with Gasteiger partial charge >= 0.3 is 0 Å². The largest absolute Gasteiger partial charge is 0.485 e. The van der Waals surface area contributed by atoms with E-state index in [9.17, 15) is 4.79 Å². The van der Waals surface area contributed by atoms with E-state index in [1.54, 1.807) is 6.92 Å². The van der Waals surface area contributed by atoms with Crippen LogP contribution in [0.25, 0.3) is 0 Å². The third-order valence-electron chi connectivity index (χ3n) is 2.80. The number of hydrogen-bond donors (Lipinski definition) is 0. The first-order valence-electron chi connectivity index (χ1n) is 6.23. The molecule has 0 aliphatic heterocycles. The summed E-state index contributed by atoms with van der Waals surface area (Å²) in [6.45, 7) is 3.80. The van der Waals surface area contributed by atoms with Gasteiger partial charge < -0.3 is 9.26 Å². The predicted molar refractivity (Wildman–Crippen MR) is 68.8 cm³/mol. The van der Waals surface area contributed by atoms with Crippen molar-refractivity contribution in [2.24, 2.45) is 0 Å². The van der Waals surface area contributed by atoms with Crippen LogP contribution >= 0.6 is 0 Å². The second kappa shape index (κ2) is 6.13. The maximum absolute atomic E-state index is 11.5. The molecule has 19 heavy (non-hydrogen) atoms. The summed E-state index contributed by atoms with van der Waals surface area (Å²) < 4.78 is 10.6. The molecule has 1 aromatic carbocycles. The fourth-order valence-corrected chi connectivity index (χ4v) is 1.61. The summed E-state index contributed by atoms with van der Waals surface area (Å²) >= 11 is 0. The van der Waals surface area contributed by atoms with Crippen molar-refractivity contribution in [2.45, 2.75) is 32.8 Å². The van der Waals surface area contributed by atoms with Gasteiger partial charge in [0.15, 0.2) is 6.61 Å². The summed E-state index contributed by atoms with van der Waals surface area (Å²) in [5, 5.41) is 3.81. The average Bonchev–Trinajstić information content (AvgIpc) is 2.93. The van der Waals surface area contributed by atoms with Gasteiger partial charge in [0.25, 0.3) is 0 Å². The number of Topliss-reactive ketones (excluding diaryl/α,β-unsaturated/α-hetero) is 1. The van der Waals surface area contributed by atoms with Crippen LogP contribution in [0.5, 0.6) is 5.75 Å². The molecule has 0 fully saturated rings. The van der Waals surface area contributed by atoms with Crippen LogP contribution in [0.3, 0.4) is 0 Å². The van der Waals surface area contributed by atoms with Gasteiger partial charge in [-0.25, -0.2) is 0 Å². The smallest absolute Gasteiger partial charge is 0.237 e.